The third-order valence-electron chi connectivity index (χ3n) is 0. The van der Waals surface area contributed by atoms with Gasteiger partial charge in [-0.3, -0.25) is 9.11 Å². The van der Waals surface area contributed by atoms with Gasteiger partial charge in [0, 0.05) is 11.2 Å². The minimum absolute atomic E-state index is 0.0833. The molecule has 8 heteroatoms. The van der Waals surface area contributed by atoms with Crippen molar-refractivity contribution < 1.29 is 21.7 Å². The van der Waals surface area contributed by atoms with Crippen molar-refractivity contribution in [2.45, 2.75) is 0 Å². The summed E-state index contributed by atoms with van der Waals surface area (Å²) in [6, 6.07) is 0. The molecule has 0 aromatic rings. The van der Waals surface area contributed by atoms with Crippen molar-refractivity contribution in [2.75, 3.05) is 0 Å². The van der Waals surface area contributed by atoms with Crippen molar-refractivity contribution in [1.29, 1.82) is 0 Å². The van der Waals surface area contributed by atoms with Crippen LogP contribution in [0.1, 0.15) is 0 Å². The first-order chi connectivity index (χ1) is 3.41. The molecule has 0 aromatic carbocycles. The number of hydrogen-bond donors (Lipinski definition) is 2. The maximum Gasteiger partial charge on any atom is 0.394 e. The van der Waals surface area contributed by atoms with Crippen LogP contribution in [0, 0.1) is 0 Å². The SMILES string of the molecule is O=S(=O)(O)O.O=S=S. The fraction of sp³-hybridized carbons (Fsp3) is 0. The van der Waals surface area contributed by atoms with Crippen LogP contribution in [0.3, 0.4) is 0 Å². The first kappa shape index (κ1) is 11.0. The molecule has 0 heterocycles. The Labute approximate surface area is 54.0 Å². The lowest BCUT2D eigenvalue weighted by Gasteiger charge is -1.68. The van der Waals surface area contributed by atoms with Gasteiger partial charge in [-0.25, -0.2) is 0 Å². The summed E-state index contributed by atoms with van der Waals surface area (Å²) in [4.78, 5) is 0. The highest BCUT2D eigenvalue weighted by Crippen LogP contribution is 1.59. The molecule has 8 heavy (non-hydrogen) atoms. The molecule has 0 saturated heterocycles. The molecule has 5 nitrogen and oxygen atoms in total. The van der Waals surface area contributed by atoms with Crippen LogP contribution in [0.5, 0.6) is 0 Å². The maximum absolute atomic E-state index is 8.74. The van der Waals surface area contributed by atoms with E-state index in [-0.39, 0.29) is 10.2 Å². The molecule has 0 spiro atoms. The van der Waals surface area contributed by atoms with E-state index < -0.39 is 10.4 Å². The fourth-order valence-electron chi connectivity index (χ4n) is 0. The Morgan fingerprint density at radius 1 is 1.38 bits per heavy atom. The lowest BCUT2D eigenvalue weighted by Crippen LogP contribution is -1.89. The predicted octanol–water partition coefficient (Wildman–Crippen LogP) is -0.991. The highest BCUT2D eigenvalue weighted by Gasteiger charge is 1.84. The molecule has 0 radical (unpaired) electrons. The third kappa shape index (κ3) is 13200. The molecule has 0 aliphatic rings. The average Bonchev–Trinajstić information content (AvgIpc) is 1.27. The molecule has 0 saturated carbocycles. The van der Waals surface area contributed by atoms with Crippen molar-refractivity contribution in [3.8, 4) is 0 Å². The lowest BCUT2D eigenvalue weighted by molar-refractivity contribution is 0.381. The zero-order valence-corrected chi connectivity index (χ0v) is 5.79. The first-order valence-corrected chi connectivity index (χ1v) is 4.10. The summed E-state index contributed by atoms with van der Waals surface area (Å²) in [6.07, 6.45) is 0. The van der Waals surface area contributed by atoms with Crippen molar-refractivity contribution in [3.05, 3.63) is 0 Å². The highest BCUT2D eigenvalue weighted by atomic mass is 32.8. The molecule has 0 rings (SSSR count). The summed E-state index contributed by atoms with van der Waals surface area (Å²) in [6.45, 7) is 0. The summed E-state index contributed by atoms with van der Waals surface area (Å²) in [5.74, 6) is 0. The second-order valence-electron chi connectivity index (χ2n) is 0.516. The molecule has 0 fully saturated rings. The van der Waals surface area contributed by atoms with E-state index >= 15 is 0 Å². The van der Waals surface area contributed by atoms with Gasteiger partial charge in [-0.1, -0.05) is 0 Å². The normalized spacial score (nSPS) is 8.75. The fourth-order valence-corrected chi connectivity index (χ4v) is 0. The average molecular weight is 178 g/mol. The van der Waals surface area contributed by atoms with Crippen molar-refractivity contribution in [1.82, 2.24) is 0 Å². The van der Waals surface area contributed by atoms with Crippen LogP contribution >= 0.6 is 0 Å². The van der Waals surface area contributed by atoms with E-state index in [0.717, 1.165) is 0 Å². The summed E-state index contributed by atoms with van der Waals surface area (Å²) in [7, 11) is -4.58. The topological polar surface area (TPSA) is 91.7 Å². The molecule has 0 atom stereocenters. The molecule has 0 amide bonds. The maximum atomic E-state index is 8.74. The van der Waals surface area contributed by atoms with E-state index in [1.807, 2.05) is 0 Å². The second kappa shape index (κ2) is 5.25. The quantitative estimate of drug-likeness (QED) is 0.463. The first-order valence-electron chi connectivity index (χ1n) is 1.03. The Hall–Kier alpha value is 0.110. The zero-order chi connectivity index (χ0) is 7.21. The second-order valence-corrected chi connectivity index (χ2v) is 1.96. The minimum atomic E-state index is -4.67. The lowest BCUT2D eigenvalue weighted by atomic mass is 15.8. The van der Waals surface area contributed by atoms with E-state index in [9.17, 15) is 0 Å². The van der Waals surface area contributed by atoms with Crippen LogP contribution < -0.4 is 0 Å². The van der Waals surface area contributed by atoms with Gasteiger partial charge >= 0.3 is 10.4 Å². The van der Waals surface area contributed by atoms with E-state index in [2.05, 4.69) is 11.2 Å². The molecule has 0 bridgehead atoms. The van der Waals surface area contributed by atoms with Gasteiger partial charge < -0.3 is 0 Å². The van der Waals surface area contributed by atoms with Crippen LogP contribution in [-0.4, -0.2) is 21.7 Å². The Morgan fingerprint density at radius 2 is 1.38 bits per heavy atom. The smallest absolute Gasteiger partial charge is 0.264 e. The molecule has 2 N–H and O–H groups in total. The number of hydrogen-bond acceptors (Lipinski definition) is 4. The van der Waals surface area contributed by atoms with Gasteiger partial charge in [-0.15, -0.1) is 0 Å². The van der Waals surface area contributed by atoms with Gasteiger partial charge in [-0.05, 0) is 0 Å². The third-order valence-corrected chi connectivity index (χ3v) is 0. The summed E-state index contributed by atoms with van der Waals surface area (Å²) in [5, 5.41) is 0. The highest BCUT2D eigenvalue weighted by molar-refractivity contribution is 8.11. The van der Waals surface area contributed by atoms with Gasteiger partial charge in [0.1, 0.15) is 0 Å². The molecule has 50 valence electrons. The van der Waals surface area contributed by atoms with E-state index in [1.165, 1.54) is 0 Å². The Morgan fingerprint density at radius 3 is 1.38 bits per heavy atom. The standard InChI is InChI=1S/H2O4S.OS2/c1-5(2,3)4;1-3-2/h(H2,1,2,3,4);. The van der Waals surface area contributed by atoms with Crippen molar-refractivity contribution >= 4 is 31.8 Å². The predicted molar refractivity (Wildman–Crippen MR) is 29.7 cm³/mol. The molecule has 0 aliphatic heterocycles. The summed E-state index contributed by atoms with van der Waals surface area (Å²) in [5.41, 5.74) is 0. The Kier molecular flexibility index (Phi) is 7.21. The summed E-state index contributed by atoms with van der Waals surface area (Å²) < 4.78 is 40.2. The Bertz CT molecular complexity index is 148. The monoisotopic (exact) mass is 178 g/mol. The van der Waals surface area contributed by atoms with E-state index in [0.29, 0.717) is 0 Å². The van der Waals surface area contributed by atoms with Gasteiger partial charge in [0.15, 0.2) is 10.2 Å². The molecule has 0 unspecified atom stereocenters. The summed E-state index contributed by atoms with van der Waals surface area (Å²) >= 11 is 3.75. The molecular weight excluding hydrogens is 176 g/mol. The van der Waals surface area contributed by atoms with Crippen molar-refractivity contribution in [2.24, 2.45) is 0 Å². The van der Waals surface area contributed by atoms with Crippen LogP contribution in [-0.2, 0) is 31.8 Å². The van der Waals surface area contributed by atoms with Gasteiger partial charge in [0.2, 0.25) is 0 Å². The van der Waals surface area contributed by atoms with Crippen molar-refractivity contribution in [3.63, 3.8) is 0 Å². The largest absolute Gasteiger partial charge is 0.394 e. The van der Waals surface area contributed by atoms with Crippen LogP contribution in [0.4, 0.5) is 0 Å². The van der Waals surface area contributed by atoms with Gasteiger partial charge in [0.05, 0.1) is 0 Å². The molecular formula is H2O5S3. The molecule has 0 aliphatic carbocycles. The Balaban J connectivity index is 0. The number of rotatable bonds is 0. The van der Waals surface area contributed by atoms with E-state index in [1.54, 1.807) is 0 Å². The zero-order valence-electron chi connectivity index (χ0n) is 3.34. The minimum Gasteiger partial charge on any atom is -0.264 e. The van der Waals surface area contributed by atoms with Crippen LogP contribution in [0.2, 0.25) is 0 Å². The van der Waals surface area contributed by atoms with Gasteiger partial charge in [-0.2, -0.15) is 12.6 Å². The van der Waals surface area contributed by atoms with Crippen LogP contribution in [0.15, 0.2) is 0 Å². The van der Waals surface area contributed by atoms with E-state index in [4.69, 9.17) is 21.7 Å². The van der Waals surface area contributed by atoms with Gasteiger partial charge in [0.25, 0.3) is 0 Å². The van der Waals surface area contributed by atoms with Crippen LogP contribution in [0.25, 0.3) is 0 Å². The molecule has 0 aromatic heterocycles.